The van der Waals surface area contributed by atoms with Crippen LogP contribution in [0.25, 0.3) is 0 Å². The predicted octanol–water partition coefficient (Wildman–Crippen LogP) is 1.50. The summed E-state index contributed by atoms with van der Waals surface area (Å²) in [6.45, 7) is 4.36. The minimum Gasteiger partial charge on any atom is -0.382 e. The maximum absolute atomic E-state index is 12.6. The molecule has 1 aliphatic heterocycles. The van der Waals surface area contributed by atoms with Crippen LogP contribution in [-0.2, 0) is 14.3 Å². The molecule has 21 heavy (non-hydrogen) atoms. The quantitative estimate of drug-likeness (QED) is 0.808. The molecule has 1 heterocycles. The second-order valence-electron chi connectivity index (χ2n) is 5.04. The number of hydrogen-bond acceptors (Lipinski definition) is 3. The van der Waals surface area contributed by atoms with Gasteiger partial charge in [-0.2, -0.15) is 0 Å². The molecule has 1 N–H and O–H groups in total. The van der Waals surface area contributed by atoms with Gasteiger partial charge < -0.3 is 15.0 Å². The Morgan fingerprint density at radius 2 is 2.05 bits per heavy atom. The van der Waals surface area contributed by atoms with Crippen molar-refractivity contribution in [3.05, 3.63) is 35.9 Å². The summed E-state index contributed by atoms with van der Waals surface area (Å²) in [6, 6.07) is 8.80. The number of ether oxygens (including phenoxy) is 1. The van der Waals surface area contributed by atoms with Crippen LogP contribution in [0.1, 0.15) is 31.4 Å². The summed E-state index contributed by atoms with van der Waals surface area (Å²) in [7, 11) is 0. The molecule has 1 aromatic carbocycles. The highest BCUT2D eigenvalue weighted by atomic mass is 16.5. The van der Waals surface area contributed by atoms with E-state index in [0.29, 0.717) is 32.7 Å². The second-order valence-corrected chi connectivity index (χ2v) is 5.04. The van der Waals surface area contributed by atoms with Crippen LogP contribution in [0.3, 0.4) is 0 Å². The van der Waals surface area contributed by atoms with E-state index in [9.17, 15) is 9.59 Å². The molecule has 0 aliphatic carbocycles. The predicted molar refractivity (Wildman–Crippen MR) is 79.6 cm³/mol. The van der Waals surface area contributed by atoms with Gasteiger partial charge in [-0.15, -0.1) is 0 Å². The average molecular weight is 290 g/mol. The van der Waals surface area contributed by atoms with Gasteiger partial charge >= 0.3 is 0 Å². The van der Waals surface area contributed by atoms with Crippen molar-refractivity contribution in [2.24, 2.45) is 0 Å². The standard InChI is InChI=1S/C16H22N2O3/c1-2-21-12-6-10-18-11-9-14(19)17-15(16(18)20)13-7-4-3-5-8-13/h3-5,7-8,15H,2,6,9-12H2,1H3,(H,17,19). The zero-order valence-corrected chi connectivity index (χ0v) is 12.4. The Morgan fingerprint density at radius 1 is 1.29 bits per heavy atom. The van der Waals surface area contributed by atoms with E-state index < -0.39 is 6.04 Å². The van der Waals surface area contributed by atoms with Crippen molar-refractivity contribution in [2.45, 2.75) is 25.8 Å². The maximum atomic E-state index is 12.6. The van der Waals surface area contributed by atoms with E-state index in [1.54, 1.807) is 4.90 Å². The molecule has 1 saturated heterocycles. The Labute approximate surface area is 125 Å². The first kappa shape index (κ1) is 15.5. The van der Waals surface area contributed by atoms with Gasteiger partial charge in [0.05, 0.1) is 0 Å². The molecule has 2 amide bonds. The van der Waals surface area contributed by atoms with Crippen LogP contribution in [0.4, 0.5) is 0 Å². The van der Waals surface area contributed by atoms with Gasteiger partial charge in [0.15, 0.2) is 0 Å². The average Bonchev–Trinajstić information content (AvgIpc) is 2.65. The first-order chi connectivity index (χ1) is 10.2. The van der Waals surface area contributed by atoms with E-state index in [1.165, 1.54) is 0 Å². The van der Waals surface area contributed by atoms with Crippen LogP contribution in [0.15, 0.2) is 30.3 Å². The number of benzene rings is 1. The molecule has 0 radical (unpaired) electrons. The fourth-order valence-corrected chi connectivity index (χ4v) is 2.42. The molecule has 1 unspecified atom stereocenters. The lowest BCUT2D eigenvalue weighted by molar-refractivity contribution is -0.133. The molecule has 5 nitrogen and oxygen atoms in total. The van der Waals surface area contributed by atoms with E-state index >= 15 is 0 Å². The molecular formula is C16H22N2O3. The molecule has 114 valence electrons. The highest BCUT2D eigenvalue weighted by Crippen LogP contribution is 2.19. The summed E-state index contributed by atoms with van der Waals surface area (Å²) in [5.74, 6) is -0.118. The minimum atomic E-state index is -0.576. The topological polar surface area (TPSA) is 58.6 Å². The molecule has 0 bridgehead atoms. The van der Waals surface area contributed by atoms with Crippen molar-refractivity contribution in [1.82, 2.24) is 10.2 Å². The number of carbonyl (C=O) groups excluding carboxylic acids is 2. The zero-order chi connectivity index (χ0) is 15.1. The van der Waals surface area contributed by atoms with Gasteiger partial charge in [0.2, 0.25) is 11.8 Å². The van der Waals surface area contributed by atoms with Gasteiger partial charge in [-0.3, -0.25) is 9.59 Å². The first-order valence-corrected chi connectivity index (χ1v) is 7.43. The van der Waals surface area contributed by atoms with Crippen LogP contribution in [0.2, 0.25) is 0 Å². The molecule has 1 aliphatic rings. The lowest BCUT2D eigenvalue weighted by Gasteiger charge is -2.24. The fourth-order valence-electron chi connectivity index (χ4n) is 2.42. The molecule has 2 rings (SSSR count). The number of nitrogens with one attached hydrogen (secondary N) is 1. The molecular weight excluding hydrogens is 268 g/mol. The molecule has 1 atom stereocenters. The zero-order valence-electron chi connectivity index (χ0n) is 12.4. The smallest absolute Gasteiger partial charge is 0.249 e. The summed E-state index contributed by atoms with van der Waals surface area (Å²) in [4.78, 5) is 26.2. The third-order valence-electron chi connectivity index (χ3n) is 3.53. The Balaban J connectivity index is 2.05. The van der Waals surface area contributed by atoms with E-state index in [-0.39, 0.29) is 11.8 Å². The number of carbonyl (C=O) groups is 2. The van der Waals surface area contributed by atoms with E-state index in [4.69, 9.17) is 4.74 Å². The Hall–Kier alpha value is -1.88. The summed E-state index contributed by atoms with van der Waals surface area (Å²) < 4.78 is 5.30. The summed E-state index contributed by atoms with van der Waals surface area (Å²) in [5.41, 5.74) is 0.826. The maximum Gasteiger partial charge on any atom is 0.249 e. The molecule has 0 aromatic heterocycles. The minimum absolute atomic E-state index is 0.0384. The summed E-state index contributed by atoms with van der Waals surface area (Å²) in [6.07, 6.45) is 1.14. The van der Waals surface area contributed by atoms with Gasteiger partial charge in [-0.05, 0) is 18.9 Å². The molecule has 0 saturated carbocycles. The molecule has 1 aromatic rings. The van der Waals surface area contributed by atoms with Crippen LogP contribution >= 0.6 is 0 Å². The van der Waals surface area contributed by atoms with Crippen molar-refractivity contribution in [1.29, 1.82) is 0 Å². The van der Waals surface area contributed by atoms with E-state index in [2.05, 4.69) is 5.32 Å². The van der Waals surface area contributed by atoms with Gasteiger partial charge in [0, 0.05) is 32.7 Å². The molecule has 1 fully saturated rings. The number of hydrogen-bond donors (Lipinski definition) is 1. The Kier molecular flexibility index (Phi) is 5.75. The monoisotopic (exact) mass is 290 g/mol. The number of amides is 2. The number of nitrogens with zero attached hydrogens (tertiary/aromatic N) is 1. The van der Waals surface area contributed by atoms with Crippen molar-refractivity contribution in [3.63, 3.8) is 0 Å². The first-order valence-electron chi connectivity index (χ1n) is 7.43. The van der Waals surface area contributed by atoms with Crippen LogP contribution < -0.4 is 5.32 Å². The van der Waals surface area contributed by atoms with E-state index in [0.717, 1.165) is 12.0 Å². The number of rotatable bonds is 6. The van der Waals surface area contributed by atoms with Crippen molar-refractivity contribution in [2.75, 3.05) is 26.3 Å². The Morgan fingerprint density at radius 3 is 2.76 bits per heavy atom. The Bertz CT molecular complexity index is 476. The third kappa shape index (κ3) is 4.29. The fraction of sp³-hybridized carbons (Fsp3) is 0.500. The summed E-state index contributed by atoms with van der Waals surface area (Å²) in [5, 5.41) is 2.82. The molecule has 0 spiro atoms. The summed E-state index contributed by atoms with van der Waals surface area (Å²) >= 11 is 0. The largest absolute Gasteiger partial charge is 0.382 e. The van der Waals surface area contributed by atoms with Gasteiger partial charge in [0.1, 0.15) is 6.04 Å². The van der Waals surface area contributed by atoms with Crippen LogP contribution in [-0.4, -0.2) is 43.0 Å². The SMILES string of the molecule is CCOCCCN1CCC(=O)NC(c2ccccc2)C1=O. The highest BCUT2D eigenvalue weighted by Gasteiger charge is 2.30. The normalized spacial score (nSPS) is 19.3. The third-order valence-corrected chi connectivity index (χ3v) is 3.53. The van der Waals surface area contributed by atoms with Gasteiger partial charge in [-0.25, -0.2) is 0 Å². The lowest BCUT2D eigenvalue weighted by atomic mass is 10.1. The van der Waals surface area contributed by atoms with Gasteiger partial charge in [0.25, 0.3) is 0 Å². The van der Waals surface area contributed by atoms with Crippen molar-refractivity contribution < 1.29 is 14.3 Å². The van der Waals surface area contributed by atoms with Crippen molar-refractivity contribution in [3.8, 4) is 0 Å². The second kappa shape index (κ2) is 7.78. The van der Waals surface area contributed by atoms with Gasteiger partial charge in [-0.1, -0.05) is 30.3 Å². The van der Waals surface area contributed by atoms with Crippen LogP contribution in [0, 0.1) is 0 Å². The lowest BCUT2D eigenvalue weighted by Crippen LogP contribution is -2.39. The highest BCUT2D eigenvalue weighted by molar-refractivity contribution is 5.90. The van der Waals surface area contributed by atoms with E-state index in [1.807, 2.05) is 37.3 Å². The van der Waals surface area contributed by atoms with Crippen LogP contribution in [0.5, 0.6) is 0 Å². The molecule has 5 heteroatoms. The van der Waals surface area contributed by atoms with Crippen molar-refractivity contribution >= 4 is 11.8 Å².